The zero-order chi connectivity index (χ0) is 20.9. The van der Waals surface area contributed by atoms with Crippen molar-refractivity contribution in [3.05, 3.63) is 66.7 Å². The molecule has 0 atom stereocenters. The fraction of sp³-hybridized carbons (Fsp3) is 0.318. The molecule has 1 amide bonds. The van der Waals surface area contributed by atoms with E-state index in [1.807, 2.05) is 24.3 Å². The lowest BCUT2D eigenvalue weighted by atomic mass is 10.1. The smallest absolute Gasteiger partial charge is 0.255 e. The third kappa shape index (κ3) is 5.38. The lowest BCUT2D eigenvalue weighted by molar-refractivity contribution is 0.102. The summed E-state index contributed by atoms with van der Waals surface area (Å²) in [4.78, 5) is 14.9. The molecule has 6 nitrogen and oxygen atoms in total. The van der Waals surface area contributed by atoms with Crippen LogP contribution in [0, 0.1) is 0 Å². The Kier molecular flexibility index (Phi) is 6.59. The first-order valence-electron chi connectivity index (χ1n) is 9.73. The van der Waals surface area contributed by atoms with E-state index in [-0.39, 0.29) is 12.5 Å². The Balaban J connectivity index is 1.66. The standard InChI is InChI=1S/C22H27N3O3S/c1-3-15-25(29(2,27)28)21-11-7-18(8-12-21)22(26)23-19-9-13-20(14-10-19)24-16-5-4-6-17-24/h3,7-14H,1,4-6,15-17H2,2H3,(H,23,26). The van der Waals surface area contributed by atoms with E-state index in [1.165, 1.54) is 35.3 Å². The first kappa shape index (κ1) is 20.9. The number of piperidine rings is 1. The normalized spacial score (nSPS) is 14.3. The Morgan fingerprint density at radius 2 is 1.69 bits per heavy atom. The Bertz CT molecular complexity index is 948. The zero-order valence-electron chi connectivity index (χ0n) is 16.7. The molecule has 1 heterocycles. The summed E-state index contributed by atoms with van der Waals surface area (Å²) in [5.74, 6) is -0.239. The van der Waals surface area contributed by atoms with Crippen LogP contribution in [0.25, 0.3) is 0 Å². The van der Waals surface area contributed by atoms with Crippen LogP contribution in [0.3, 0.4) is 0 Å². The van der Waals surface area contributed by atoms with Crippen LogP contribution in [-0.4, -0.2) is 40.2 Å². The van der Waals surface area contributed by atoms with Gasteiger partial charge in [0.15, 0.2) is 0 Å². The van der Waals surface area contributed by atoms with Crippen LogP contribution in [0.5, 0.6) is 0 Å². The molecule has 0 radical (unpaired) electrons. The summed E-state index contributed by atoms with van der Waals surface area (Å²) in [7, 11) is -3.42. The highest BCUT2D eigenvalue weighted by Crippen LogP contribution is 2.23. The molecule has 3 rings (SSSR count). The third-order valence-electron chi connectivity index (χ3n) is 4.96. The maximum absolute atomic E-state index is 12.5. The monoisotopic (exact) mass is 413 g/mol. The van der Waals surface area contributed by atoms with Crippen LogP contribution in [0.1, 0.15) is 29.6 Å². The van der Waals surface area contributed by atoms with Crippen molar-refractivity contribution in [2.75, 3.05) is 40.4 Å². The lowest BCUT2D eigenvalue weighted by Crippen LogP contribution is -2.29. The SMILES string of the molecule is C=CCN(c1ccc(C(=O)Nc2ccc(N3CCCCC3)cc2)cc1)S(C)(=O)=O. The summed E-state index contributed by atoms with van der Waals surface area (Å²) in [5, 5.41) is 2.89. The summed E-state index contributed by atoms with van der Waals surface area (Å²) in [5.41, 5.74) is 2.86. The summed E-state index contributed by atoms with van der Waals surface area (Å²) in [6.45, 7) is 5.92. The van der Waals surface area contributed by atoms with Crippen molar-refractivity contribution in [1.82, 2.24) is 0 Å². The molecule has 1 saturated heterocycles. The van der Waals surface area contributed by atoms with Crippen molar-refractivity contribution in [3.8, 4) is 0 Å². The number of carbonyl (C=O) groups is 1. The molecule has 154 valence electrons. The van der Waals surface area contributed by atoms with Gasteiger partial charge in [-0.3, -0.25) is 9.10 Å². The quantitative estimate of drug-likeness (QED) is 0.700. The molecule has 1 aliphatic heterocycles. The highest BCUT2D eigenvalue weighted by molar-refractivity contribution is 7.92. The maximum atomic E-state index is 12.5. The molecule has 1 fully saturated rings. The van der Waals surface area contributed by atoms with Gasteiger partial charge in [-0.2, -0.15) is 0 Å². The van der Waals surface area contributed by atoms with Gasteiger partial charge in [0.2, 0.25) is 10.0 Å². The van der Waals surface area contributed by atoms with Crippen LogP contribution in [0.2, 0.25) is 0 Å². The van der Waals surface area contributed by atoms with E-state index >= 15 is 0 Å². The van der Waals surface area contributed by atoms with Crippen LogP contribution in [-0.2, 0) is 10.0 Å². The van der Waals surface area contributed by atoms with E-state index < -0.39 is 10.0 Å². The Morgan fingerprint density at radius 3 is 2.24 bits per heavy atom. The highest BCUT2D eigenvalue weighted by atomic mass is 32.2. The van der Waals surface area contributed by atoms with Crippen LogP contribution < -0.4 is 14.5 Å². The first-order chi connectivity index (χ1) is 13.9. The molecule has 2 aromatic rings. The second-order valence-corrected chi connectivity index (χ2v) is 9.09. The van der Waals surface area contributed by atoms with Crippen LogP contribution >= 0.6 is 0 Å². The van der Waals surface area contributed by atoms with Crippen molar-refractivity contribution < 1.29 is 13.2 Å². The minimum atomic E-state index is -3.42. The topological polar surface area (TPSA) is 69.7 Å². The van der Waals surface area contributed by atoms with E-state index in [4.69, 9.17) is 0 Å². The van der Waals surface area contributed by atoms with E-state index in [0.717, 1.165) is 25.0 Å². The Labute approximate surface area is 172 Å². The third-order valence-corrected chi connectivity index (χ3v) is 6.12. The predicted octanol–water partition coefficient (Wildman–Crippen LogP) is 3.88. The van der Waals surface area contributed by atoms with Crippen molar-refractivity contribution in [1.29, 1.82) is 0 Å². The van der Waals surface area contributed by atoms with E-state index in [9.17, 15) is 13.2 Å². The average molecular weight is 414 g/mol. The summed E-state index contributed by atoms with van der Waals surface area (Å²) in [6, 6.07) is 14.4. The number of nitrogens with one attached hydrogen (secondary N) is 1. The van der Waals surface area contributed by atoms with Gasteiger partial charge in [-0.1, -0.05) is 6.08 Å². The molecule has 2 aromatic carbocycles. The van der Waals surface area contributed by atoms with Crippen molar-refractivity contribution >= 4 is 33.0 Å². The molecule has 0 aromatic heterocycles. The van der Waals surface area contributed by atoms with Gasteiger partial charge < -0.3 is 10.2 Å². The fourth-order valence-corrected chi connectivity index (χ4v) is 4.32. The van der Waals surface area contributed by atoms with E-state index in [0.29, 0.717) is 11.3 Å². The Morgan fingerprint density at radius 1 is 1.07 bits per heavy atom. The highest BCUT2D eigenvalue weighted by Gasteiger charge is 2.16. The molecule has 0 saturated carbocycles. The van der Waals surface area contributed by atoms with Gasteiger partial charge in [0.1, 0.15) is 0 Å². The maximum Gasteiger partial charge on any atom is 0.255 e. The summed E-state index contributed by atoms with van der Waals surface area (Å²) < 4.78 is 25.1. The molecule has 7 heteroatoms. The molecule has 0 bridgehead atoms. The summed E-state index contributed by atoms with van der Waals surface area (Å²) >= 11 is 0. The number of rotatable bonds is 7. The zero-order valence-corrected chi connectivity index (χ0v) is 17.5. The molecular formula is C22H27N3O3S. The van der Waals surface area contributed by atoms with Gasteiger partial charge in [-0.05, 0) is 67.8 Å². The molecule has 1 aliphatic rings. The van der Waals surface area contributed by atoms with E-state index in [2.05, 4.69) is 16.8 Å². The molecule has 29 heavy (non-hydrogen) atoms. The number of hydrogen-bond acceptors (Lipinski definition) is 4. The number of sulfonamides is 1. The van der Waals surface area contributed by atoms with Gasteiger partial charge in [-0.25, -0.2) is 8.42 Å². The molecule has 0 unspecified atom stereocenters. The molecule has 0 spiro atoms. The largest absolute Gasteiger partial charge is 0.372 e. The van der Waals surface area contributed by atoms with Gasteiger partial charge in [0.05, 0.1) is 18.5 Å². The van der Waals surface area contributed by atoms with Crippen molar-refractivity contribution in [2.45, 2.75) is 19.3 Å². The average Bonchev–Trinajstić information content (AvgIpc) is 2.72. The molecule has 0 aliphatic carbocycles. The fourth-order valence-electron chi connectivity index (χ4n) is 3.44. The number of anilines is 3. The second-order valence-electron chi connectivity index (χ2n) is 7.18. The lowest BCUT2D eigenvalue weighted by Gasteiger charge is -2.28. The number of hydrogen-bond donors (Lipinski definition) is 1. The minimum Gasteiger partial charge on any atom is -0.372 e. The van der Waals surface area contributed by atoms with E-state index in [1.54, 1.807) is 24.3 Å². The number of nitrogens with zero attached hydrogens (tertiary/aromatic N) is 2. The number of carbonyl (C=O) groups excluding carboxylic acids is 1. The van der Waals surface area contributed by atoms with Gasteiger partial charge in [0, 0.05) is 30.0 Å². The number of benzene rings is 2. The first-order valence-corrected chi connectivity index (χ1v) is 11.6. The molecule has 1 N–H and O–H groups in total. The van der Waals surface area contributed by atoms with Crippen molar-refractivity contribution in [3.63, 3.8) is 0 Å². The van der Waals surface area contributed by atoms with Crippen molar-refractivity contribution in [2.24, 2.45) is 0 Å². The summed E-state index contributed by atoms with van der Waals surface area (Å²) in [6.07, 6.45) is 6.40. The van der Waals surface area contributed by atoms with Gasteiger partial charge >= 0.3 is 0 Å². The minimum absolute atomic E-state index is 0.174. The van der Waals surface area contributed by atoms with Gasteiger partial charge in [0.25, 0.3) is 5.91 Å². The van der Waals surface area contributed by atoms with Crippen LogP contribution in [0.4, 0.5) is 17.1 Å². The Hall–Kier alpha value is -2.80. The predicted molar refractivity (Wildman–Crippen MR) is 119 cm³/mol. The van der Waals surface area contributed by atoms with Crippen LogP contribution in [0.15, 0.2) is 61.2 Å². The second kappa shape index (κ2) is 9.13. The number of amides is 1. The molecular weight excluding hydrogens is 386 g/mol. The van der Waals surface area contributed by atoms with Gasteiger partial charge in [-0.15, -0.1) is 6.58 Å².